The molecule has 2 unspecified atom stereocenters. The lowest BCUT2D eigenvalue weighted by Crippen LogP contribution is -2.52. The van der Waals surface area contributed by atoms with Crippen LogP contribution in [-0.4, -0.2) is 48.7 Å². The van der Waals surface area contributed by atoms with Crippen molar-refractivity contribution < 1.29 is 23.9 Å². The second-order valence-electron chi connectivity index (χ2n) is 7.08. The van der Waals surface area contributed by atoms with Gasteiger partial charge in [-0.2, -0.15) is 10.4 Å². The third-order valence-electron chi connectivity index (χ3n) is 4.95. The fourth-order valence-electron chi connectivity index (χ4n) is 3.06. The van der Waals surface area contributed by atoms with Crippen molar-refractivity contribution in [2.45, 2.75) is 6.92 Å². The van der Waals surface area contributed by atoms with E-state index < -0.39 is 29.6 Å². The van der Waals surface area contributed by atoms with Gasteiger partial charge in [0.2, 0.25) is 5.91 Å². The third kappa shape index (κ3) is 5.10. The summed E-state index contributed by atoms with van der Waals surface area (Å²) in [5.74, 6) is -2.51. The van der Waals surface area contributed by atoms with Gasteiger partial charge in [-0.15, -0.1) is 0 Å². The average molecular weight is 434 g/mol. The number of esters is 1. The Morgan fingerprint density at radius 2 is 1.81 bits per heavy atom. The maximum atomic E-state index is 12.3. The molecule has 2 atom stereocenters. The number of ether oxygens (including phenoxy) is 2. The molecule has 0 radical (unpaired) electrons. The number of piperidine rings is 1. The summed E-state index contributed by atoms with van der Waals surface area (Å²) in [5.41, 5.74) is 3.69. The predicted molar refractivity (Wildman–Crippen MR) is 116 cm³/mol. The van der Waals surface area contributed by atoms with Gasteiger partial charge in [0.1, 0.15) is 30.6 Å². The van der Waals surface area contributed by atoms with Crippen LogP contribution in [0.2, 0.25) is 0 Å². The number of imide groups is 1. The molecule has 0 aliphatic carbocycles. The Labute approximate surface area is 185 Å². The minimum atomic E-state index is -0.971. The molecule has 3 rings (SSSR count). The highest BCUT2D eigenvalue weighted by atomic mass is 16.6. The summed E-state index contributed by atoms with van der Waals surface area (Å²) in [6, 6.07) is 17.5. The zero-order valence-corrected chi connectivity index (χ0v) is 17.6. The molecule has 9 heteroatoms. The van der Waals surface area contributed by atoms with Gasteiger partial charge >= 0.3 is 5.97 Å². The number of anilines is 1. The zero-order chi connectivity index (χ0) is 23.1. The highest BCUT2D eigenvalue weighted by molar-refractivity contribution is 6.44. The van der Waals surface area contributed by atoms with Gasteiger partial charge in [0.25, 0.3) is 5.91 Å². The Hall–Kier alpha value is -4.19. The van der Waals surface area contributed by atoms with E-state index in [2.05, 4.69) is 10.5 Å². The molecule has 2 aromatic rings. The summed E-state index contributed by atoms with van der Waals surface area (Å²) >= 11 is 0. The maximum Gasteiger partial charge on any atom is 0.338 e. The Bertz CT molecular complexity index is 1060. The molecule has 9 nitrogen and oxygen atoms in total. The van der Waals surface area contributed by atoms with Crippen LogP contribution in [0.4, 0.5) is 5.69 Å². The number of hydrazone groups is 1. The fourth-order valence-corrected chi connectivity index (χ4v) is 3.06. The molecule has 1 saturated heterocycles. The van der Waals surface area contributed by atoms with Crippen molar-refractivity contribution in [1.29, 1.82) is 5.26 Å². The maximum absolute atomic E-state index is 12.3. The largest absolute Gasteiger partial charge is 0.490 e. The molecular formula is C23H22N4O5. The molecular weight excluding hydrogens is 412 g/mol. The minimum Gasteiger partial charge on any atom is -0.490 e. The fraction of sp³-hybridized carbons (Fsp3) is 0.261. The van der Waals surface area contributed by atoms with E-state index in [4.69, 9.17) is 9.47 Å². The van der Waals surface area contributed by atoms with Crippen molar-refractivity contribution in [3.63, 3.8) is 0 Å². The number of hydrogen-bond acceptors (Lipinski definition) is 8. The standard InChI is InChI=1S/C23H22N4O5/c1-15-19(14-24)21(28)27(2)22(29)20(15)26-25-17-10-8-16(9-11-17)23(30)32-13-12-31-18-6-4-3-5-7-18/h3-11,15,19,25H,12-13H2,1-2H3/b26-20-. The summed E-state index contributed by atoms with van der Waals surface area (Å²) in [5, 5.41) is 13.3. The number of hydrogen-bond donors (Lipinski definition) is 1. The molecule has 2 aromatic carbocycles. The first-order valence-corrected chi connectivity index (χ1v) is 9.92. The number of rotatable bonds is 7. The summed E-state index contributed by atoms with van der Waals surface area (Å²) < 4.78 is 10.7. The summed E-state index contributed by atoms with van der Waals surface area (Å²) in [6.07, 6.45) is 0. The molecule has 0 bridgehead atoms. The monoisotopic (exact) mass is 434 g/mol. The first-order chi connectivity index (χ1) is 15.4. The van der Waals surface area contributed by atoms with Gasteiger partial charge in [-0.25, -0.2) is 4.79 Å². The highest BCUT2D eigenvalue weighted by Gasteiger charge is 2.42. The minimum absolute atomic E-state index is 0.0838. The molecule has 1 aliphatic rings. The van der Waals surface area contributed by atoms with Gasteiger partial charge < -0.3 is 9.47 Å². The molecule has 1 N–H and O–H groups in total. The van der Waals surface area contributed by atoms with Gasteiger partial charge in [-0.3, -0.25) is 19.9 Å². The van der Waals surface area contributed by atoms with Crippen molar-refractivity contribution in [2.24, 2.45) is 16.9 Å². The third-order valence-corrected chi connectivity index (χ3v) is 4.95. The molecule has 1 heterocycles. The van der Waals surface area contributed by atoms with Crippen molar-refractivity contribution in [2.75, 3.05) is 25.7 Å². The van der Waals surface area contributed by atoms with Gasteiger partial charge in [0.05, 0.1) is 17.3 Å². The number of benzene rings is 2. The number of nitrogens with zero attached hydrogens (tertiary/aromatic N) is 3. The van der Waals surface area contributed by atoms with E-state index in [0.717, 1.165) is 4.90 Å². The number of nitriles is 1. The van der Waals surface area contributed by atoms with Gasteiger partial charge in [-0.1, -0.05) is 25.1 Å². The number of likely N-dealkylation sites (tertiary alicyclic amines) is 1. The number of carbonyl (C=O) groups is 3. The summed E-state index contributed by atoms with van der Waals surface area (Å²) in [4.78, 5) is 37.4. The topological polar surface area (TPSA) is 121 Å². The van der Waals surface area contributed by atoms with Gasteiger partial charge in [-0.05, 0) is 36.4 Å². The summed E-state index contributed by atoms with van der Waals surface area (Å²) in [6.45, 7) is 1.95. The van der Waals surface area contributed by atoms with E-state index in [1.54, 1.807) is 31.2 Å². The van der Waals surface area contributed by atoms with Crippen LogP contribution in [0.25, 0.3) is 0 Å². The first-order valence-electron chi connectivity index (χ1n) is 9.92. The molecule has 164 valence electrons. The number of carbonyl (C=O) groups excluding carboxylic acids is 3. The molecule has 0 saturated carbocycles. The van der Waals surface area contributed by atoms with E-state index in [9.17, 15) is 19.6 Å². The molecule has 2 amide bonds. The van der Waals surface area contributed by atoms with Crippen molar-refractivity contribution >= 4 is 29.2 Å². The second-order valence-corrected chi connectivity index (χ2v) is 7.08. The van der Waals surface area contributed by atoms with Crippen LogP contribution in [0.15, 0.2) is 59.7 Å². The van der Waals surface area contributed by atoms with Gasteiger partial charge in [0.15, 0.2) is 0 Å². The van der Waals surface area contributed by atoms with Crippen LogP contribution >= 0.6 is 0 Å². The number of para-hydroxylation sites is 1. The van der Waals surface area contributed by atoms with Crippen LogP contribution in [0, 0.1) is 23.2 Å². The molecule has 0 aromatic heterocycles. The van der Waals surface area contributed by atoms with Crippen molar-refractivity contribution in [1.82, 2.24) is 4.90 Å². The Balaban J connectivity index is 1.55. The van der Waals surface area contributed by atoms with E-state index in [1.807, 2.05) is 36.4 Å². The quantitative estimate of drug-likeness (QED) is 0.307. The van der Waals surface area contributed by atoms with E-state index in [1.165, 1.54) is 7.05 Å². The molecule has 0 spiro atoms. The highest BCUT2D eigenvalue weighted by Crippen LogP contribution is 2.23. The lowest BCUT2D eigenvalue weighted by atomic mass is 9.85. The zero-order valence-electron chi connectivity index (χ0n) is 17.6. The number of nitrogens with one attached hydrogen (secondary N) is 1. The lowest BCUT2D eigenvalue weighted by Gasteiger charge is -2.29. The molecule has 32 heavy (non-hydrogen) atoms. The van der Waals surface area contributed by atoms with E-state index in [0.29, 0.717) is 17.0 Å². The van der Waals surface area contributed by atoms with Crippen LogP contribution in [-0.2, 0) is 14.3 Å². The van der Waals surface area contributed by atoms with Crippen LogP contribution in [0.1, 0.15) is 17.3 Å². The molecule has 1 aliphatic heterocycles. The SMILES string of the molecule is CC1/C(=N/Nc2ccc(C(=O)OCCOc3ccccc3)cc2)C(=O)N(C)C(=O)C1C#N. The average Bonchev–Trinajstić information content (AvgIpc) is 2.82. The second kappa shape index (κ2) is 10.2. The van der Waals surface area contributed by atoms with E-state index in [-0.39, 0.29) is 18.9 Å². The summed E-state index contributed by atoms with van der Waals surface area (Å²) in [7, 11) is 1.32. The van der Waals surface area contributed by atoms with E-state index >= 15 is 0 Å². The van der Waals surface area contributed by atoms with Crippen molar-refractivity contribution in [3.8, 4) is 11.8 Å². The molecule has 1 fully saturated rings. The Kier molecular flexibility index (Phi) is 7.18. The van der Waals surface area contributed by atoms with Crippen molar-refractivity contribution in [3.05, 3.63) is 60.2 Å². The Morgan fingerprint density at radius 3 is 2.47 bits per heavy atom. The Morgan fingerprint density at radius 1 is 1.12 bits per heavy atom. The first kappa shape index (κ1) is 22.5. The van der Waals surface area contributed by atoms with Gasteiger partial charge in [0, 0.05) is 13.0 Å². The van der Waals surface area contributed by atoms with Crippen LogP contribution in [0.3, 0.4) is 0 Å². The van der Waals surface area contributed by atoms with Crippen LogP contribution in [0.5, 0.6) is 5.75 Å². The lowest BCUT2D eigenvalue weighted by molar-refractivity contribution is -0.143. The normalized spacial score (nSPS) is 19.4. The van der Waals surface area contributed by atoms with Crippen LogP contribution < -0.4 is 10.2 Å². The predicted octanol–water partition coefficient (Wildman–Crippen LogP) is 2.46. The smallest absolute Gasteiger partial charge is 0.338 e. The number of amides is 2.